The third kappa shape index (κ3) is 2.61. The highest BCUT2D eigenvalue weighted by Crippen LogP contribution is 2.33. The second-order valence-corrected chi connectivity index (χ2v) is 5.30. The van der Waals surface area contributed by atoms with Crippen molar-refractivity contribution < 1.29 is 9.66 Å². The summed E-state index contributed by atoms with van der Waals surface area (Å²) in [5.74, 6) is 0.560. The van der Waals surface area contributed by atoms with E-state index >= 15 is 0 Å². The molecule has 0 bridgehead atoms. The van der Waals surface area contributed by atoms with E-state index in [0.29, 0.717) is 26.7 Å². The van der Waals surface area contributed by atoms with E-state index in [2.05, 4.69) is 10.2 Å². The summed E-state index contributed by atoms with van der Waals surface area (Å²) in [6.07, 6.45) is 0. The molecule has 0 saturated carbocycles. The van der Waals surface area contributed by atoms with Gasteiger partial charge in [0.1, 0.15) is 12.4 Å². The molecule has 0 unspecified atom stereocenters. The molecule has 0 atom stereocenters. The second kappa shape index (κ2) is 5.33. The molecule has 0 saturated heterocycles. The van der Waals surface area contributed by atoms with Gasteiger partial charge in [0, 0.05) is 11.5 Å². The highest BCUT2D eigenvalue weighted by Gasteiger charge is 2.14. The molecule has 3 aromatic rings. The Morgan fingerprint density at radius 1 is 1.19 bits per heavy atom. The van der Waals surface area contributed by atoms with Gasteiger partial charge in [0.25, 0.3) is 5.69 Å². The minimum Gasteiger partial charge on any atom is -0.486 e. The Labute approximate surface area is 123 Å². The van der Waals surface area contributed by atoms with Gasteiger partial charge in [-0.1, -0.05) is 29.5 Å². The first-order valence-corrected chi connectivity index (χ1v) is 6.83. The summed E-state index contributed by atoms with van der Waals surface area (Å²) in [6, 6.07) is 10.1. The van der Waals surface area contributed by atoms with Crippen molar-refractivity contribution in [3.8, 4) is 5.75 Å². The Morgan fingerprint density at radius 3 is 2.62 bits per heavy atom. The summed E-state index contributed by atoms with van der Waals surface area (Å²) in [4.78, 5) is 10.6. The number of ether oxygens (including phenoxy) is 1. The fourth-order valence-electron chi connectivity index (χ4n) is 2.00. The normalized spacial score (nSPS) is 10.7. The van der Waals surface area contributed by atoms with Crippen LogP contribution in [0, 0.1) is 10.1 Å². The van der Waals surface area contributed by atoms with Gasteiger partial charge in [-0.2, -0.15) is 0 Å². The van der Waals surface area contributed by atoms with Gasteiger partial charge in [-0.25, -0.2) is 0 Å². The molecule has 3 rings (SSSR count). The second-order valence-electron chi connectivity index (χ2n) is 4.21. The summed E-state index contributed by atoms with van der Waals surface area (Å²) in [7, 11) is 0. The summed E-state index contributed by atoms with van der Waals surface area (Å²) >= 11 is 1.24. The van der Waals surface area contributed by atoms with Gasteiger partial charge in [0.05, 0.1) is 10.3 Å². The number of nitrogens with zero attached hydrogens (tertiary/aromatic N) is 3. The Bertz CT molecular complexity index is 818. The van der Waals surface area contributed by atoms with E-state index in [1.165, 1.54) is 17.4 Å². The molecule has 21 heavy (non-hydrogen) atoms. The number of fused-ring (bicyclic) bond motifs is 1. The molecule has 2 N–H and O–H groups in total. The SMILES string of the molecule is Nc1nnc(COc2ccc([N+](=O)[O-])c3ccccc23)s1. The van der Waals surface area contributed by atoms with Crippen LogP contribution in [-0.4, -0.2) is 15.1 Å². The van der Waals surface area contributed by atoms with Gasteiger partial charge in [0.15, 0.2) is 5.01 Å². The first-order valence-electron chi connectivity index (χ1n) is 6.02. The lowest BCUT2D eigenvalue weighted by Crippen LogP contribution is -1.97. The zero-order valence-corrected chi connectivity index (χ0v) is 11.5. The van der Waals surface area contributed by atoms with Crippen molar-refractivity contribution in [2.75, 3.05) is 5.73 Å². The number of benzene rings is 2. The number of nitro groups is 1. The predicted molar refractivity (Wildman–Crippen MR) is 79.3 cm³/mol. The molecule has 0 radical (unpaired) electrons. The molecule has 8 heteroatoms. The number of anilines is 1. The van der Waals surface area contributed by atoms with Crippen molar-refractivity contribution in [2.45, 2.75) is 6.61 Å². The quantitative estimate of drug-likeness (QED) is 0.587. The smallest absolute Gasteiger partial charge is 0.277 e. The molecule has 1 aromatic heterocycles. The van der Waals surface area contributed by atoms with Crippen LogP contribution in [-0.2, 0) is 6.61 Å². The minimum atomic E-state index is -0.405. The van der Waals surface area contributed by atoms with Gasteiger partial charge in [-0.15, -0.1) is 10.2 Å². The standard InChI is InChI=1S/C13H10N4O3S/c14-13-16-15-12(21-13)7-20-11-6-5-10(17(18)19)8-3-1-2-4-9(8)11/h1-6H,7H2,(H2,14,16). The lowest BCUT2D eigenvalue weighted by molar-refractivity contribution is -0.383. The van der Waals surface area contributed by atoms with Crippen LogP contribution in [0.2, 0.25) is 0 Å². The maximum absolute atomic E-state index is 11.0. The van der Waals surface area contributed by atoms with E-state index in [4.69, 9.17) is 10.5 Å². The van der Waals surface area contributed by atoms with Crippen molar-refractivity contribution in [1.82, 2.24) is 10.2 Å². The lowest BCUT2D eigenvalue weighted by Gasteiger charge is -2.08. The molecule has 7 nitrogen and oxygen atoms in total. The molecule has 106 valence electrons. The first kappa shape index (κ1) is 13.3. The highest BCUT2D eigenvalue weighted by atomic mass is 32.1. The van der Waals surface area contributed by atoms with Crippen molar-refractivity contribution in [3.05, 3.63) is 51.5 Å². The van der Waals surface area contributed by atoms with E-state index in [1.807, 2.05) is 6.07 Å². The average Bonchev–Trinajstić information content (AvgIpc) is 2.90. The monoisotopic (exact) mass is 302 g/mol. The van der Waals surface area contributed by atoms with Crippen molar-refractivity contribution in [3.63, 3.8) is 0 Å². The zero-order valence-electron chi connectivity index (χ0n) is 10.7. The number of rotatable bonds is 4. The molecule has 0 aliphatic carbocycles. The Morgan fingerprint density at radius 2 is 1.95 bits per heavy atom. The maximum Gasteiger partial charge on any atom is 0.277 e. The number of hydrogen-bond acceptors (Lipinski definition) is 7. The lowest BCUT2D eigenvalue weighted by atomic mass is 10.1. The van der Waals surface area contributed by atoms with Crippen LogP contribution in [0.1, 0.15) is 5.01 Å². The number of nitrogen functional groups attached to an aromatic ring is 1. The van der Waals surface area contributed by atoms with Gasteiger partial charge < -0.3 is 10.5 Å². The zero-order chi connectivity index (χ0) is 14.8. The van der Waals surface area contributed by atoms with Crippen LogP contribution in [0.4, 0.5) is 10.8 Å². The molecule has 0 aliphatic rings. The van der Waals surface area contributed by atoms with E-state index in [-0.39, 0.29) is 12.3 Å². The van der Waals surface area contributed by atoms with Gasteiger partial charge in [-0.3, -0.25) is 10.1 Å². The summed E-state index contributed by atoms with van der Waals surface area (Å²) in [5.41, 5.74) is 5.56. The van der Waals surface area contributed by atoms with Crippen molar-refractivity contribution >= 4 is 32.9 Å². The summed E-state index contributed by atoms with van der Waals surface area (Å²) in [6.45, 7) is 0.219. The van der Waals surface area contributed by atoms with Crippen molar-refractivity contribution in [2.24, 2.45) is 0 Å². The van der Waals surface area contributed by atoms with Crippen LogP contribution in [0.5, 0.6) is 5.75 Å². The summed E-state index contributed by atoms with van der Waals surface area (Å²) < 4.78 is 5.68. The van der Waals surface area contributed by atoms with E-state index in [0.717, 1.165) is 0 Å². The van der Waals surface area contributed by atoms with Crippen LogP contribution in [0.3, 0.4) is 0 Å². The average molecular weight is 302 g/mol. The topological polar surface area (TPSA) is 104 Å². The molecule has 0 amide bonds. The first-order chi connectivity index (χ1) is 10.1. The molecular weight excluding hydrogens is 292 g/mol. The number of hydrogen-bond donors (Lipinski definition) is 1. The van der Waals surface area contributed by atoms with Crippen LogP contribution in [0.25, 0.3) is 10.8 Å². The third-order valence-corrected chi connectivity index (χ3v) is 3.62. The number of nitro benzene ring substituents is 1. The fourth-order valence-corrected chi connectivity index (χ4v) is 2.53. The fraction of sp³-hybridized carbons (Fsp3) is 0.0769. The van der Waals surface area contributed by atoms with Gasteiger partial charge >= 0.3 is 0 Å². The van der Waals surface area contributed by atoms with Gasteiger partial charge in [-0.05, 0) is 12.1 Å². The van der Waals surface area contributed by atoms with E-state index < -0.39 is 4.92 Å². The van der Waals surface area contributed by atoms with Crippen LogP contribution in [0.15, 0.2) is 36.4 Å². The van der Waals surface area contributed by atoms with Crippen LogP contribution < -0.4 is 10.5 Å². The molecule has 0 fully saturated rings. The van der Waals surface area contributed by atoms with Gasteiger partial charge in [0.2, 0.25) is 5.13 Å². The number of nitrogens with two attached hydrogens (primary N) is 1. The number of non-ortho nitro benzene ring substituents is 1. The molecular formula is C13H10N4O3S. The Kier molecular flexibility index (Phi) is 3.36. The van der Waals surface area contributed by atoms with E-state index in [1.54, 1.807) is 24.3 Å². The molecule has 1 heterocycles. The number of aromatic nitrogens is 2. The summed E-state index contributed by atoms with van der Waals surface area (Å²) in [5, 5.41) is 20.9. The predicted octanol–water partition coefficient (Wildman–Crippen LogP) is 2.76. The molecule has 0 aliphatic heterocycles. The largest absolute Gasteiger partial charge is 0.486 e. The van der Waals surface area contributed by atoms with Crippen molar-refractivity contribution in [1.29, 1.82) is 0 Å². The van der Waals surface area contributed by atoms with Crippen LogP contribution >= 0.6 is 11.3 Å². The minimum absolute atomic E-state index is 0.0538. The Hall–Kier alpha value is -2.74. The third-order valence-electron chi connectivity index (χ3n) is 2.89. The molecule has 2 aromatic carbocycles. The molecule has 0 spiro atoms. The maximum atomic E-state index is 11.0. The van der Waals surface area contributed by atoms with E-state index in [9.17, 15) is 10.1 Å². The Balaban J connectivity index is 1.96. The highest BCUT2D eigenvalue weighted by molar-refractivity contribution is 7.15.